The fourth-order valence-corrected chi connectivity index (χ4v) is 2.14. The van der Waals surface area contributed by atoms with E-state index >= 15 is 0 Å². The summed E-state index contributed by atoms with van der Waals surface area (Å²) in [5.41, 5.74) is 7.39. The van der Waals surface area contributed by atoms with Crippen LogP contribution in [0.3, 0.4) is 0 Å². The first-order chi connectivity index (χ1) is 7.13. The highest BCUT2D eigenvalue weighted by Crippen LogP contribution is 2.20. The number of hydrogen-bond acceptors (Lipinski definition) is 3. The molecule has 3 N–H and O–H groups in total. The summed E-state index contributed by atoms with van der Waals surface area (Å²) in [5.74, 6) is -0.0246. The van der Waals surface area contributed by atoms with Gasteiger partial charge in [0.1, 0.15) is 5.25 Å². The predicted octanol–water partition coefficient (Wildman–Crippen LogP) is 2.37. The fraction of sp³-hybridized carbons (Fsp3) is 0.364. The summed E-state index contributed by atoms with van der Waals surface area (Å²) in [7, 11) is 0. The third kappa shape index (κ3) is 3.83. The zero-order valence-electron chi connectivity index (χ0n) is 8.64. The Bertz CT molecular complexity index is 324. The first-order valence-electron chi connectivity index (χ1n) is 4.82. The maximum Gasteiger partial charge on any atom is 0.316 e. The molecule has 0 saturated heterocycles. The van der Waals surface area contributed by atoms with E-state index in [1.807, 2.05) is 31.2 Å². The topological polar surface area (TPSA) is 63.3 Å². The van der Waals surface area contributed by atoms with Crippen molar-refractivity contribution in [2.45, 2.75) is 24.3 Å². The second kappa shape index (κ2) is 5.66. The number of carboxylic acid groups (broad SMARTS) is 1. The molecule has 0 aliphatic rings. The Balaban J connectivity index is 2.49. The van der Waals surface area contributed by atoms with Gasteiger partial charge in [-0.2, -0.15) is 0 Å². The number of carboxylic acids is 1. The van der Waals surface area contributed by atoms with Crippen LogP contribution in [0, 0.1) is 0 Å². The van der Waals surface area contributed by atoms with Crippen molar-refractivity contribution >= 4 is 23.4 Å². The maximum absolute atomic E-state index is 10.8. The van der Waals surface area contributed by atoms with E-state index in [-0.39, 0.29) is 5.25 Å². The van der Waals surface area contributed by atoms with Gasteiger partial charge < -0.3 is 10.8 Å². The van der Waals surface area contributed by atoms with E-state index in [4.69, 9.17) is 10.8 Å². The number of rotatable bonds is 5. The highest BCUT2D eigenvalue weighted by molar-refractivity contribution is 7.99. The van der Waals surface area contributed by atoms with E-state index < -0.39 is 5.97 Å². The summed E-state index contributed by atoms with van der Waals surface area (Å²) >= 11 is 1.45. The number of nitrogens with two attached hydrogens (primary N) is 1. The molecule has 0 radical (unpaired) electrons. The van der Waals surface area contributed by atoms with Gasteiger partial charge in [-0.3, -0.25) is 4.79 Å². The molecular formula is C11H15NO2S. The minimum Gasteiger partial charge on any atom is -0.480 e. The van der Waals surface area contributed by atoms with Gasteiger partial charge in [-0.25, -0.2) is 0 Å². The normalized spacial score (nSPS) is 12.3. The van der Waals surface area contributed by atoms with Crippen LogP contribution >= 0.6 is 11.8 Å². The largest absolute Gasteiger partial charge is 0.480 e. The van der Waals surface area contributed by atoms with E-state index in [9.17, 15) is 4.79 Å². The van der Waals surface area contributed by atoms with Crippen molar-refractivity contribution in [3.63, 3.8) is 0 Å². The van der Waals surface area contributed by atoms with Crippen LogP contribution in [0.2, 0.25) is 0 Å². The second-order valence-corrected chi connectivity index (χ2v) is 4.48. The lowest BCUT2D eigenvalue weighted by molar-refractivity contribution is -0.136. The van der Waals surface area contributed by atoms with Crippen molar-refractivity contribution in [1.29, 1.82) is 0 Å². The van der Waals surface area contributed by atoms with Crippen LogP contribution in [0.5, 0.6) is 0 Å². The Morgan fingerprint density at radius 2 is 2.07 bits per heavy atom. The molecule has 0 bridgehead atoms. The standard InChI is InChI=1S/C11H15NO2S/c1-2-10(11(13)14)15-7-8-3-5-9(12)6-4-8/h3-6,10H,2,7,12H2,1H3,(H,13,14). The molecule has 1 rings (SSSR count). The van der Waals surface area contributed by atoms with Crippen molar-refractivity contribution < 1.29 is 9.90 Å². The Labute approximate surface area is 93.7 Å². The van der Waals surface area contributed by atoms with Crippen LogP contribution in [0.4, 0.5) is 5.69 Å². The van der Waals surface area contributed by atoms with Gasteiger partial charge >= 0.3 is 5.97 Å². The molecule has 1 atom stereocenters. The Morgan fingerprint density at radius 3 is 2.53 bits per heavy atom. The SMILES string of the molecule is CCC(SCc1ccc(N)cc1)C(=O)O. The molecule has 1 aromatic rings. The third-order valence-corrected chi connectivity index (χ3v) is 3.51. The number of thioether (sulfide) groups is 1. The smallest absolute Gasteiger partial charge is 0.316 e. The highest BCUT2D eigenvalue weighted by atomic mass is 32.2. The number of carbonyl (C=O) groups is 1. The van der Waals surface area contributed by atoms with Crippen LogP contribution in [0.15, 0.2) is 24.3 Å². The van der Waals surface area contributed by atoms with Crippen LogP contribution < -0.4 is 5.73 Å². The van der Waals surface area contributed by atoms with E-state index in [1.165, 1.54) is 11.8 Å². The van der Waals surface area contributed by atoms with Crippen LogP contribution in [-0.2, 0) is 10.5 Å². The summed E-state index contributed by atoms with van der Waals surface area (Å²) in [6.07, 6.45) is 0.648. The molecule has 0 heterocycles. The lowest BCUT2D eigenvalue weighted by atomic mass is 10.2. The lowest BCUT2D eigenvalue weighted by Gasteiger charge is -2.09. The summed E-state index contributed by atoms with van der Waals surface area (Å²) < 4.78 is 0. The second-order valence-electron chi connectivity index (χ2n) is 3.29. The van der Waals surface area contributed by atoms with Gasteiger partial charge in [-0.05, 0) is 24.1 Å². The summed E-state index contributed by atoms with van der Waals surface area (Å²) in [6, 6.07) is 7.52. The summed E-state index contributed by atoms with van der Waals surface area (Å²) in [4.78, 5) is 10.8. The van der Waals surface area contributed by atoms with E-state index in [2.05, 4.69) is 0 Å². The Kier molecular flexibility index (Phi) is 4.49. The molecule has 0 fully saturated rings. The molecule has 82 valence electrons. The third-order valence-electron chi connectivity index (χ3n) is 2.08. The van der Waals surface area contributed by atoms with Crippen molar-refractivity contribution in [2.24, 2.45) is 0 Å². The average molecular weight is 225 g/mol. The monoisotopic (exact) mass is 225 g/mol. The van der Waals surface area contributed by atoms with Crippen molar-refractivity contribution in [1.82, 2.24) is 0 Å². The number of hydrogen-bond donors (Lipinski definition) is 2. The van der Waals surface area contributed by atoms with Crippen LogP contribution in [-0.4, -0.2) is 16.3 Å². The molecular weight excluding hydrogens is 210 g/mol. The molecule has 15 heavy (non-hydrogen) atoms. The highest BCUT2D eigenvalue weighted by Gasteiger charge is 2.14. The summed E-state index contributed by atoms with van der Waals surface area (Å²) in [6.45, 7) is 1.88. The maximum atomic E-state index is 10.8. The zero-order chi connectivity index (χ0) is 11.3. The zero-order valence-corrected chi connectivity index (χ0v) is 9.46. The molecule has 0 aliphatic carbocycles. The van der Waals surface area contributed by atoms with Gasteiger partial charge in [-0.15, -0.1) is 11.8 Å². The molecule has 0 amide bonds. The van der Waals surface area contributed by atoms with Gasteiger partial charge in [0.05, 0.1) is 0 Å². The molecule has 4 heteroatoms. The minimum absolute atomic E-state index is 0.317. The van der Waals surface area contributed by atoms with E-state index in [1.54, 1.807) is 0 Å². The van der Waals surface area contributed by atoms with Gasteiger partial charge in [0.15, 0.2) is 0 Å². The molecule has 3 nitrogen and oxygen atoms in total. The van der Waals surface area contributed by atoms with Gasteiger partial charge in [0, 0.05) is 11.4 Å². The first-order valence-corrected chi connectivity index (χ1v) is 5.87. The van der Waals surface area contributed by atoms with E-state index in [0.29, 0.717) is 12.2 Å². The van der Waals surface area contributed by atoms with Crippen LogP contribution in [0.1, 0.15) is 18.9 Å². The number of anilines is 1. The Morgan fingerprint density at radius 1 is 1.47 bits per heavy atom. The minimum atomic E-state index is -0.738. The molecule has 0 aromatic heterocycles. The van der Waals surface area contributed by atoms with Gasteiger partial charge in [0.25, 0.3) is 0 Å². The molecule has 0 aliphatic heterocycles. The molecule has 1 unspecified atom stereocenters. The first kappa shape index (κ1) is 11.9. The molecule has 0 saturated carbocycles. The number of aliphatic carboxylic acids is 1. The predicted molar refractivity (Wildman–Crippen MR) is 63.9 cm³/mol. The lowest BCUT2D eigenvalue weighted by Crippen LogP contribution is -2.15. The fourth-order valence-electron chi connectivity index (χ4n) is 1.17. The quantitative estimate of drug-likeness (QED) is 0.755. The number of benzene rings is 1. The summed E-state index contributed by atoms with van der Waals surface area (Å²) in [5, 5.41) is 8.54. The number of nitrogen functional groups attached to an aromatic ring is 1. The van der Waals surface area contributed by atoms with Crippen LogP contribution in [0.25, 0.3) is 0 Å². The van der Waals surface area contributed by atoms with Crippen molar-refractivity contribution in [2.75, 3.05) is 5.73 Å². The van der Waals surface area contributed by atoms with E-state index in [0.717, 1.165) is 11.3 Å². The average Bonchev–Trinajstić information content (AvgIpc) is 2.21. The Hall–Kier alpha value is -1.16. The molecule has 0 spiro atoms. The van der Waals surface area contributed by atoms with Crippen molar-refractivity contribution in [3.8, 4) is 0 Å². The van der Waals surface area contributed by atoms with Gasteiger partial charge in [-0.1, -0.05) is 19.1 Å². The van der Waals surface area contributed by atoms with Crippen molar-refractivity contribution in [3.05, 3.63) is 29.8 Å². The molecule has 1 aromatic carbocycles. The van der Waals surface area contributed by atoms with Gasteiger partial charge in [0.2, 0.25) is 0 Å².